The van der Waals surface area contributed by atoms with Gasteiger partial charge < -0.3 is 15.2 Å². The van der Waals surface area contributed by atoms with Crippen molar-refractivity contribution in [3.63, 3.8) is 0 Å². The van der Waals surface area contributed by atoms with Gasteiger partial charge in [0.15, 0.2) is 18.2 Å². The molecule has 0 aromatic carbocycles. The molecule has 1 heterocycles. The van der Waals surface area contributed by atoms with E-state index in [4.69, 9.17) is 4.74 Å². The smallest absolute Gasteiger partial charge is 0.303 e. The molecule has 0 bridgehead atoms. The number of hydrogen-bond donors (Lipinski definition) is 2. The van der Waals surface area contributed by atoms with Gasteiger partial charge in [-0.2, -0.15) is 0 Å². The second-order valence-electron chi connectivity index (χ2n) is 12.4. The highest BCUT2D eigenvalue weighted by atomic mass is 16.5. The van der Waals surface area contributed by atoms with E-state index in [2.05, 4.69) is 32.2 Å². The number of fused-ring (bicyclic) bond motifs is 4. The number of hydrogen-bond acceptors (Lipinski definition) is 6. The van der Waals surface area contributed by atoms with Gasteiger partial charge in [0.2, 0.25) is 0 Å². The average molecular weight is 454 g/mol. The van der Waals surface area contributed by atoms with Crippen molar-refractivity contribution in [1.29, 1.82) is 0 Å². The Morgan fingerprint density at radius 2 is 1.97 bits per heavy atom. The minimum atomic E-state index is -0.642. The normalized spacial score (nSPS) is 53.2. The van der Waals surface area contributed by atoms with Crippen LogP contribution in [0.25, 0.3) is 0 Å². The highest BCUT2D eigenvalue weighted by molar-refractivity contribution is 6.01. The van der Waals surface area contributed by atoms with Crippen LogP contribution in [0.15, 0.2) is 23.8 Å². The van der Waals surface area contributed by atoms with Crippen LogP contribution in [0.4, 0.5) is 0 Å². The monoisotopic (exact) mass is 453 g/mol. The lowest BCUT2D eigenvalue weighted by molar-refractivity contribution is -0.185. The van der Waals surface area contributed by atoms with Crippen molar-refractivity contribution in [3.8, 4) is 0 Å². The lowest BCUT2D eigenvalue weighted by atomic mass is 9.40. The first-order valence-corrected chi connectivity index (χ1v) is 12.4. The topological polar surface area (TPSA) is 92.7 Å². The number of ketones is 2. The van der Waals surface area contributed by atoms with Crippen LogP contribution in [-0.4, -0.2) is 48.4 Å². The second kappa shape index (κ2) is 6.06. The number of Topliss-reactive ketones (excluding diaryl/α,β-unsaturated/α-hetero) is 1. The Bertz CT molecular complexity index is 1060. The van der Waals surface area contributed by atoms with Gasteiger partial charge >= 0.3 is 5.97 Å². The summed E-state index contributed by atoms with van der Waals surface area (Å²) in [4.78, 5) is 37.5. The highest BCUT2D eigenvalue weighted by Crippen LogP contribution is 2.94. The molecule has 6 aliphatic rings. The fourth-order valence-corrected chi connectivity index (χ4v) is 10.5. The molecule has 5 aliphatic carbocycles. The van der Waals surface area contributed by atoms with Crippen molar-refractivity contribution in [3.05, 3.63) is 23.8 Å². The van der Waals surface area contributed by atoms with Crippen molar-refractivity contribution < 1.29 is 24.2 Å². The van der Waals surface area contributed by atoms with E-state index < -0.39 is 22.9 Å². The summed E-state index contributed by atoms with van der Waals surface area (Å²) in [5.41, 5.74) is -0.692. The van der Waals surface area contributed by atoms with E-state index in [1.807, 2.05) is 0 Å². The fraction of sp³-hybridized carbons (Fsp3) is 0.741. The molecule has 0 amide bonds. The molecule has 6 rings (SSSR count). The molecule has 8 atom stereocenters. The lowest BCUT2D eigenvalue weighted by Gasteiger charge is -2.64. The van der Waals surface area contributed by atoms with Crippen LogP contribution < -0.4 is 5.32 Å². The van der Waals surface area contributed by atoms with E-state index in [9.17, 15) is 19.5 Å². The van der Waals surface area contributed by atoms with Crippen LogP contribution in [0.1, 0.15) is 59.8 Å². The number of aliphatic hydroxyl groups is 1. The van der Waals surface area contributed by atoms with Crippen molar-refractivity contribution in [1.82, 2.24) is 5.32 Å². The third-order valence-corrected chi connectivity index (χ3v) is 12.1. The third kappa shape index (κ3) is 2.02. The molecular formula is C27H35NO5. The van der Waals surface area contributed by atoms with Crippen LogP contribution in [0, 0.1) is 38.4 Å². The first-order chi connectivity index (χ1) is 15.4. The minimum Gasteiger partial charge on any atom is -0.458 e. The van der Waals surface area contributed by atoms with E-state index in [0.717, 1.165) is 37.8 Å². The van der Waals surface area contributed by atoms with E-state index in [1.165, 1.54) is 6.92 Å². The molecule has 8 unspecified atom stereocenters. The Morgan fingerprint density at radius 3 is 2.70 bits per heavy atom. The summed E-state index contributed by atoms with van der Waals surface area (Å²) < 4.78 is 5.21. The van der Waals surface area contributed by atoms with E-state index in [0.29, 0.717) is 13.0 Å². The Kier molecular flexibility index (Phi) is 3.99. The molecule has 6 heteroatoms. The van der Waals surface area contributed by atoms with E-state index >= 15 is 0 Å². The maximum atomic E-state index is 13.8. The third-order valence-electron chi connectivity index (χ3n) is 12.1. The largest absolute Gasteiger partial charge is 0.458 e. The zero-order chi connectivity index (χ0) is 23.7. The number of carbonyl (C=O) groups excluding carboxylic acids is 3. The van der Waals surface area contributed by atoms with Crippen molar-refractivity contribution in [2.24, 2.45) is 38.4 Å². The summed E-state index contributed by atoms with van der Waals surface area (Å²) in [5.74, 6) is -0.220. The number of rotatable bonds is 3. The molecule has 33 heavy (non-hydrogen) atoms. The zero-order valence-corrected chi connectivity index (χ0v) is 20.1. The number of nitrogens with one attached hydrogen (secondary N) is 1. The van der Waals surface area contributed by atoms with Crippen molar-refractivity contribution in [2.75, 3.05) is 19.7 Å². The molecule has 1 aliphatic heterocycles. The van der Waals surface area contributed by atoms with Crippen LogP contribution in [0.5, 0.6) is 0 Å². The molecule has 2 N–H and O–H groups in total. The van der Waals surface area contributed by atoms with Crippen molar-refractivity contribution >= 4 is 17.5 Å². The number of esters is 1. The first kappa shape index (κ1) is 21.7. The molecule has 4 saturated carbocycles. The van der Waals surface area contributed by atoms with Crippen molar-refractivity contribution in [2.45, 2.75) is 65.9 Å². The van der Waals surface area contributed by atoms with Gasteiger partial charge in [0, 0.05) is 24.3 Å². The summed E-state index contributed by atoms with van der Waals surface area (Å²) in [6, 6.07) is 0. The van der Waals surface area contributed by atoms with E-state index in [1.54, 1.807) is 12.2 Å². The Morgan fingerprint density at radius 1 is 1.21 bits per heavy atom. The van der Waals surface area contributed by atoms with Gasteiger partial charge in [-0.3, -0.25) is 14.4 Å². The quantitative estimate of drug-likeness (QED) is 0.639. The number of aliphatic hydroxyl groups excluding tert-OH is 1. The van der Waals surface area contributed by atoms with Gasteiger partial charge in [-0.15, -0.1) is 0 Å². The van der Waals surface area contributed by atoms with Crippen LogP contribution >= 0.6 is 0 Å². The maximum absolute atomic E-state index is 13.8. The van der Waals surface area contributed by atoms with Crippen LogP contribution in [0.2, 0.25) is 0 Å². The van der Waals surface area contributed by atoms with Gasteiger partial charge in [0.25, 0.3) is 0 Å². The predicted molar refractivity (Wildman–Crippen MR) is 121 cm³/mol. The van der Waals surface area contributed by atoms with Gasteiger partial charge in [0.1, 0.15) is 0 Å². The summed E-state index contributed by atoms with van der Waals surface area (Å²) >= 11 is 0. The molecule has 6 nitrogen and oxygen atoms in total. The summed E-state index contributed by atoms with van der Waals surface area (Å²) in [7, 11) is 0. The van der Waals surface area contributed by atoms with Crippen LogP contribution in [-0.2, 0) is 19.1 Å². The summed E-state index contributed by atoms with van der Waals surface area (Å²) in [5, 5.41) is 15.4. The molecule has 1 saturated heterocycles. The number of allylic oxidation sites excluding steroid dienone is 4. The molecular weight excluding hydrogens is 418 g/mol. The van der Waals surface area contributed by atoms with Crippen LogP contribution in [0.3, 0.4) is 0 Å². The highest BCUT2D eigenvalue weighted by Gasteiger charge is 2.91. The second-order valence-corrected chi connectivity index (χ2v) is 12.4. The van der Waals surface area contributed by atoms with E-state index in [-0.39, 0.29) is 45.8 Å². The maximum Gasteiger partial charge on any atom is 0.303 e. The molecule has 5 fully saturated rings. The van der Waals surface area contributed by atoms with Gasteiger partial charge in [-0.1, -0.05) is 32.4 Å². The molecule has 178 valence electrons. The van der Waals surface area contributed by atoms with Gasteiger partial charge in [0.05, 0.1) is 11.5 Å². The summed E-state index contributed by atoms with van der Waals surface area (Å²) in [6.07, 6.45) is 9.25. The number of carbonyl (C=O) groups is 3. The average Bonchev–Trinajstić information content (AvgIpc) is 3.27. The molecule has 0 aromatic heterocycles. The zero-order valence-electron chi connectivity index (χ0n) is 20.1. The molecule has 0 radical (unpaired) electrons. The van der Waals surface area contributed by atoms with Gasteiger partial charge in [-0.25, -0.2) is 0 Å². The predicted octanol–water partition coefficient (Wildman–Crippen LogP) is 2.75. The SMILES string of the molecule is CC(=O)OCC(=O)C12CNCC1CC1(C)C2(C)CC(O)C23CC12CCC1=CC(=O)C=CC13C. The standard InChI is InChI=1S/C27H35NO5/c1-16(29)33-13-21(32)26-15-28-12-18(26)10-23(3)24(26,4)11-20(31)27-14-25(23,27)8-5-17-9-19(30)6-7-22(17,27)2/h6-7,9,18,20,28,31H,5,8,10-15H2,1-4H3. The Labute approximate surface area is 195 Å². The Hall–Kier alpha value is -1.79. The lowest BCUT2D eigenvalue weighted by Crippen LogP contribution is -2.64. The first-order valence-electron chi connectivity index (χ1n) is 12.4. The van der Waals surface area contributed by atoms with Gasteiger partial charge in [-0.05, 0) is 73.0 Å². The molecule has 0 spiro atoms. The Balaban J connectivity index is 1.48. The minimum absolute atomic E-state index is 0.00133. The number of ether oxygens (including phenoxy) is 1. The summed E-state index contributed by atoms with van der Waals surface area (Å²) in [6.45, 7) is 9.35. The molecule has 0 aromatic rings. The fourth-order valence-electron chi connectivity index (χ4n) is 10.5.